The minimum Gasteiger partial charge on any atom is -0.455 e. The average Bonchev–Trinajstić information content (AvgIpc) is 2.87. The number of carbonyl (C=O) groups is 1. The van der Waals surface area contributed by atoms with E-state index in [1.165, 1.54) is 0 Å². The van der Waals surface area contributed by atoms with E-state index in [2.05, 4.69) is 4.98 Å². The molecule has 0 aliphatic heterocycles. The van der Waals surface area contributed by atoms with Crippen LogP contribution in [-0.4, -0.2) is 11.0 Å². The number of hydrogen-bond acceptors (Lipinski definition) is 4. The highest BCUT2D eigenvalue weighted by Crippen LogP contribution is 2.22. The highest BCUT2D eigenvalue weighted by atomic mass is 32.1. The van der Waals surface area contributed by atoms with Crippen LogP contribution in [0.4, 0.5) is 0 Å². The number of hydrogen-bond donors (Lipinski definition) is 0. The molecule has 0 radical (unpaired) electrons. The number of nitrogens with zero attached hydrogens (tertiary/aromatic N) is 1. The molecule has 0 amide bonds. The van der Waals surface area contributed by atoms with Crippen molar-refractivity contribution < 1.29 is 9.53 Å². The summed E-state index contributed by atoms with van der Waals surface area (Å²) in [7, 11) is 0. The predicted octanol–water partition coefficient (Wildman–Crippen LogP) is 3.96. The molecule has 4 heteroatoms. The summed E-state index contributed by atoms with van der Waals surface area (Å²) in [5.41, 5.74) is 2.56. The molecule has 0 saturated heterocycles. The summed E-state index contributed by atoms with van der Waals surface area (Å²) in [6, 6.07) is 15.3. The average molecular weight is 283 g/mol. The maximum atomic E-state index is 11.9. The Labute approximate surface area is 120 Å². The van der Waals surface area contributed by atoms with Crippen molar-refractivity contribution in [3.63, 3.8) is 0 Å². The third-order valence-electron chi connectivity index (χ3n) is 2.92. The van der Waals surface area contributed by atoms with Crippen LogP contribution < -0.4 is 0 Å². The summed E-state index contributed by atoms with van der Waals surface area (Å²) in [5, 5.41) is 0.812. The molecule has 0 spiro atoms. The Hall–Kier alpha value is -2.20. The number of ether oxygens (including phenoxy) is 1. The van der Waals surface area contributed by atoms with Gasteiger partial charge in [-0.3, -0.25) is 0 Å². The van der Waals surface area contributed by atoms with E-state index in [1.807, 2.05) is 49.4 Å². The molecule has 0 bridgehead atoms. The van der Waals surface area contributed by atoms with Gasteiger partial charge >= 0.3 is 5.97 Å². The number of rotatable bonds is 3. The molecule has 100 valence electrons. The molecule has 3 aromatic rings. The molecule has 1 heterocycles. The molecule has 0 saturated carbocycles. The second-order valence-corrected chi connectivity index (χ2v) is 5.64. The van der Waals surface area contributed by atoms with Crippen molar-refractivity contribution in [2.24, 2.45) is 0 Å². The van der Waals surface area contributed by atoms with Gasteiger partial charge in [0.25, 0.3) is 0 Å². The van der Waals surface area contributed by atoms with E-state index >= 15 is 0 Å². The maximum Gasteiger partial charge on any atom is 0.338 e. The topological polar surface area (TPSA) is 39.2 Å². The molecular formula is C16H13NO2S. The Kier molecular flexibility index (Phi) is 3.48. The van der Waals surface area contributed by atoms with E-state index in [1.54, 1.807) is 17.4 Å². The largest absolute Gasteiger partial charge is 0.455 e. The Morgan fingerprint density at radius 2 is 2.05 bits per heavy atom. The number of para-hydroxylation sites is 1. The lowest BCUT2D eigenvalue weighted by molar-refractivity contribution is 0.0472. The lowest BCUT2D eigenvalue weighted by Crippen LogP contribution is -2.05. The zero-order chi connectivity index (χ0) is 13.9. The molecule has 0 fully saturated rings. The molecule has 0 aliphatic carbocycles. The van der Waals surface area contributed by atoms with Gasteiger partial charge in [-0.15, -0.1) is 11.3 Å². The second-order valence-electron chi connectivity index (χ2n) is 4.52. The molecule has 3 rings (SSSR count). The van der Waals surface area contributed by atoms with Gasteiger partial charge in [-0.05, 0) is 31.2 Å². The van der Waals surface area contributed by atoms with Crippen LogP contribution in [-0.2, 0) is 11.3 Å². The first-order chi connectivity index (χ1) is 9.72. The minimum absolute atomic E-state index is 0.214. The summed E-state index contributed by atoms with van der Waals surface area (Å²) in [6.45, 7) is 2.16. The van der Waals surface area contributed by atoms with Crippen LogP contribution in [0.2, 0.25) is 0 Å². The number of benzene rings is 2. The zero-order valence-electron chi connectivity index (χ0n) is 11.0. The van der Waals surface area contributed by atoms with E-state index in [0.29, 0.717) is 5.56 Å². The first-order valence-electron chi connectivity index (χ1n) is 6.30. The van der Waals surface area contributed by atoms with E-state index < -0.39 is 0 Å². The third-order valence-corrected chi connectivity index (χ3v) is 3.93. The van der Waals surface area contributed by atoms with Crippen molar-refractivity contribution in [2.45, 2.75) is 13.5 Å². The number of thiazole rings is 1. The predicted molar refractivity (Wildman–Crippen MR) is 79.9 cm³/mol. The highest BCUT2D eigenvalue weighted by molar-refractivity contribution is 7.18. The van der Waals surface area contributed by atoms with Gasteiger partial charge in [0, 0.05) is 0 Å². The third kappa shape index (κ3) is 2.70. The van der Waals surface area contributed by atoms with Gasteiger partial charge in [0.05, 0.1) is 15.8 Å². The van der Waals surface area contributed by atoms with Gasteiger partial charge in [-0.25, -0.2) is 9.78 Å². The number of aromatic nitrogens is 1. The molecule has 20 heavy (non-hydrogen) atoms. The van der Waals surface area contributed by atoms with E-state index in [0.717, 1.165) is 20.8 Å². The van der Waals surface area contributed by atoms with Crippen molar-refractivity contribution in [3.05, 3.63) is 64.7 Å². The highest BCUT2D eigenvalue weighted by Gasteiger charge is 2.09. The van der Waals surface area contributed by atoms with Crippen molar-refractivity contribution >= 4 is 27.5 Å². The van der Waals surface area contributed by atoms with Gasteiger partial charge in [0.15, 0.2) is 0 Å². The van der Waals surface area contributed by atoms with E-state index in [-0.39, 0.29) is 12.6 Å². The molecule has 0 aliphatic rings. The quantitative estimate of drug-likeness (QED) is 0.683. The van der Waals surface area contributed by atoms with Crippen LogP contribution in [0.5, 0.6) is 0 Å². The van der Waals surface area contributed by atoms with Crippen molar-refractivity contribution in [1.29, 1.82) is 0 Å². The number of fused-ring (bicyclic) bond motifs is 1. The fourth-order valence-electron chi connectivity index (χ4n) is 1.96. The summed E-state index contributed by atoms with van der Waals surface area (Å²) in [6.07, 6.45) is 0. The summed E-state index contributed by atoms with van der Waals surface area (Å²) < 4.78 is 6.41. The molecule has 0 N–H and O–H groups in total. The minimum atomic E-state index is -0.312. The lowest BCUT2D eigenvalue weighted by atomic mass is 10.1. The van der Waals surface area contributed by atoms with E-state index in [4.69, 9.17) is 4.74 Å². The Morgan fingerprint density at radius 1 is 1.20 bits per heavy atom. The fourth-order valence-corrected chi connectivity index (χ4v) is 2.84. The normalized spacial score (nSPS) is 10.7. The Bertz CT molecular complexity index is 731. The first-order valence-corrected chi connectivity index (χ1v) is 7.12. The van der Waals surface area contributed by atoms with Gasteiger partial charge in [0.2, 0.25) is 0 Å². The molecule has 3 nitrogen and oxygen atoms in total. The van der Waals surface area contributed by atoms with Gasteiger partial charge in [0.1, 0.15) is 11.6 Å². The standard InChI is InChI=1S/C16H13NO2S/c1-11-5-4-6-12(9-11)16(18)19-10-15-17-13-7-2-3-8-14(13)20-15/h2-9H,10H2,1H3. The Balaban J connectivity index is 1.71. The number of aryl methyl sites for hydroxylation is 1. The molecule has 1 aromatic heterocycles. The Morgan fingerprint density at radius 3 is 2.85 bits per heavy atom. The van der Waals surface area contributed by atoms with Crippen LogP contribution in [0.25, 0.3) is 10.2 Å². The maximum absolute atomic E-state index is 11.9. The van der Waals surface area contributed by atoms with Crippen LogP contribution in [0, 0.1) is 6.92 Å². The molecule has 0 atom stereocenters. The SMILES string of the molecule is Cc1cccc(C(=O)OCc2nc3ccccc3s2)c1. The van der Waals surface area contributed by atoms with Crippen LogP contribution >= 0.6 is 11.3 Å². The van der Waals surface area contributed by atoms with Crippen molar-refractivity contribution in [3.8, 4) is 0 Å². The summed E-state index contributed by atoms with van der Waals surface area (Å²) in [5.74, 6) is -0.312. The van der Waals surface area contributed by atoms with Crippen LogP contribution in [0.15, 0.2) is 48.5 Å². The van der Waals surface area contributed by atoms with Gasteiger partial charge in [-0.1, -0.05) is 29.8 Å². The second kappa shape index (κ2) is 5.43. The van der Waals surface area contributed by atoms with Crippen LogP contribution in [0.1, 0.15) is 20.9 Å². The van der Waals surface area contributed by atoms with E-state index in [9.17, 15) is 4.79 Å². The molecular weight excluding hydrogens is 270 g/mol. The smallest absolute Gasteiger partial charge is 0.338 e. The molecule has 0 unspecified atom stereocenters. The van der Waals surface area contributed by atoms with Crippen molar-refractivity contribution in [2.75, 3.05) is 0 Å². The number of esters is 1. The summed E-state index contributed by atoms with van der Waals surface area (Å²) in [4.78, 5) is 16.4. The van der Waals surface area contributed by atoms with Gasteiger partial charge in [-0.2, -0.15) is 0 Å². The fraction of sp³-hybridized carbons (Fsp3) is 0.125. The number of carbonyl (C=O) groups excluding carboxylic acids is 1. The lowest BCUT2D eigenvalue weighted by Gasteiger charge is -2.03. The van der Waals surface area contributed by atoms with Crippen LogP contribution in [0.3, 0.4) is 0 Å². The summed E-state index contributed by atoms with van der Waals surface area (Å²) >= 11 is 1.55. The van der Waals surface area contributed by atoms with Crippen molar-refractivity contribution in [1.82, 2.24) is 4.98 Å². The molecule has 2 aromatic carbocycles. The first kappa shape index (κ1) is 12.8. The van der Waals surface area contributed by atoms with Gasteiger partial charge < -0.3 is 4.74 Å². The zero-order valence-corrected chi connectivity index (χ0v) is 11.8. The monoisotopic (exact) mass is 283 g/mol.